The van der Waals surface area contributed by atoms with Gasteiger partial charge in [0.2, 0.25) is 0 Å². The van der Waals surface area contributed by atoms with Gasteiger partial charge in [0.15, 0.2) is 5.78 Å². The topological polar surface area (TPSA) is 57.5 Å². The largest absolute Gasteiger partial charge is 0.390 e. The first-order valence-electron chi connectivity index (χ1n) is 6.52. The van der Waals surface area contributed by atoms with E-state index in [0.717, 1.165) is 11.1 Å². The summed E-state index contributed by atoms with van der Waals surface area (Å²) in [6.07, 6.45) is 3.10. The maximum atomic E-state index is 12.1. The second kappa shape index (κ2) is 4.04. The number of allylic oxidation sites excluding steroid dienone is 3. The molecule has 0 bridgehead atoms. The van der Waals surface area contributed by atoms with Crippen LogP contribution in [0.25, 0.3) is 0 Å². The van der Waals surface area contributed by atoms with E-state index in [2.05, 4.69) is 0 Å². The molecule has 2 N–H and O–H groups in total. The molecular weight excluding hydrogens is 228 g/mol. The summed E-state index contributed by atoms with van der Waals surface area (Å²) in [5, 5.41) is 21.3. The lowest BCUT2D eigenvalue weighted by molar-refractivity contribution is -0.111. The molecule has 0 saturated heterocycles. The highest BCUT2D eigenvalue weighted by molar-refractivity contribution is 6.05. The average molecular weight is 250 g/mol. The molecule has 2 aliphatic rings. The van der Waals surface area contributed by atoms with E-state index >= 15 is 0 Å². The summed E-state index contributed by atoms with van der Waals surface area (Å²) in [5.41, 5.74) is 0.450. The number of aliphatic hydroxyl groups is 2. The summed E-state index contributed by atoms with van der Waals surface area (Å²) in [7, 11) is 0. The van der Waals surface area contributed by atoms with Crippen LogP contribution in [0.3, 0.4) is 0 Å². The minimum Gasteiger partial charge on any atom is -0.390 e. The second-order valence-corrected chi connectivity index (χ2v) is 6.21. The summed E-state index contributed by atoms with van der Waals surface area (Å²) < 4.78 is 0. The van der Waals surface area contributed by atoms with Crippen molar-refractivity contribution in [2.24, 2.45) is 5.92 Å². The smallest absolute Gasteiger partial charge is 0.181 e. The number of rotatable bonds is 0. The number of carbonyl (C=O) groups is 1. The van der Waals surface area contributed by atoms with Gasteiger partial charge in [0.25, 0.3) is 0 Å². The monoisotopic (exact) mass is 250 g/mol. The van der Waals surface area contributed by atoms with Crippen molar-refractivity contribution in [3.63, 3.8) is 0 Å². The molecule has 0 amide bonds. The van der Waals surface area contributed by atoms with Gasteiger partial charge in [-0.15, -0.1) is 0 Å². The molecule has 0 aromatic heterocycles. The SMILES string of the molecule is CC1=CC(=O)C(=C(C)C)C[C@H]2[C@](C)(O)CC[C@]12O. The third-order valence-electron chi connectivity index (χ3n) is 4.68. The molecule has 18 heavy (non-hydrogen) atoms. The summed E-state index contributed by atoms with van der Waals surface area (Å²) in [4.78, 5) is 12.1. The van der Waals surface area contributed by atoms with E-state index in [1.54, 1.807) is 19.9 Å². The Hall–Kier alpha value is -0.930. The molecule has 2 rings (SSSR count). The number of fused-ring (bicyclic) bond motifs is 1. The van der Waals surface area contributed by atoms with Crippen molar-refractivity contribution < 1.29 is 15.0 Å². The highest BCUT2D eigenvalue weighted by atomic mass is 16.3. The Kier molecular flexibility index (Phi) is 3.03. The Labute approximate surface area is 108 Å². The molecule has 0 unspecified atom stereocenters. The third-order valence-corrected chi connectivity index (χ3v) is 4.68. The zero-order valence-electron chi connectivity index (χ0n) is 11.6. The molecule has 0 radical (unpaired) electrons. The first kappa shape index (κ1) is 13.5. The molecule has 1 saturated carbocycles. The fraction of sp³-hybridized carbons (Fsp3) is 0.667. The van der Waals surface area contributed by atoms with E-state index < -0.39 is 11.2 Å². The van der Waals surface area contributed by atoms with Crippen LogP contribution < -0.4 is 0 Å². The predicted molar refractivity (Wildman–Crippen MR) is 70.1 cm³/mol. The Morgan fingerprint density at radius 3 is 2.50 bits per heavy atom. The van der Waals surface area contributed by atoms with Gasteiger partial charge in [-0.1, -0.05) is 5.57 Å². The van der Waals surface area contributed by atoms with Gasteiger partial charge in [-0.05, 0) is 64.2 Å². The van der Waals surface area contributed by atoms with Gasteiger partial charge in [0.1, 0.15) is 0 Å². The van der Waals surface area contributed by atoms with Crippen LogP contribution in [-0.2, 0) is 4.79 Å². The molecule has 0 aliphatic heterocycles. The zero-order valence-corrected chi connectivity index (χ0v) is 11.6. The van der Waals surface area contributed by atoms with E-state index in [4.69, 9.17) is 0 Å². The number of ketones is 1. The lowest BCUT2D eigenvalue weighted by Crippen LogP contribution is -2.42. The number of hydrogen-bond donors (Lipinski definition) is 2. The highest BCUT2D eigenvalue weighted by Crippen LogP contribution is 2.51. The molecule has 100 valence electrons. The lowest BCUT2D eigenvalue weighted by Gasteiger charge is -2.35. The minimum atomic E-state index is -1.03. The minimum absolute atomic E-state index is 0.0221. The van der Waals surface area contributed by atoms with Gasteiger partial charge in [-0.3, -0.25) is 4.79 Å². The van der Waals surface area contributed by atoms with Gasteiger partial charge < -0.3 is 10.2 Å². The molecule has 0 aromatic carbocycles. The molecule has 0 aromatic rings. The van der Waals surface area contributed by atoms with Gasteiger partial charge in [0.05, 0.1) is 11.2 Å². The molecule has 2 aliphatic carbocycles. The standard InChI is InChI=1S/C15H22O3/c1-9(2)11-8-13-14(4,17)5-6-15(13,18)10(3)7-12(11)16/h7,13,17-18H,5-6,8H2,1-4H3/t13-,14+,15-/m0/s1. The van der Waals surface area contributed by atoms with Crippen molar-refractivity contribution >= 4 is 5.78 Å². The van der Waals surface area contributed by atoms with Crippen molar-refractivity contribution in [1.82, 2.24) is 0 Å². The summed E-state index contributed by atoms with van der Waals surface area (Å²) in [6.45, 7) is 7.37. The maximum absolute atomic E-state index is 12.1. The summed E-state index contributed by atoms with van der Waals surface area (Å²) in [6, 6.07) is 0. The summed E-state index contributed by atoms with van der Waals surface area (Å²) in [5.74, 6) is -0.316. The lowest BCUT2D eigenvalue weighted by atomic mass is 9.77. The fourth-order valence-corrected chi connectivity index (χ4v) is 3.33. The first-order chi connectivity index (χ1) is 8.18. The number of hydrogen-bond acceptors (Lipinski definition) is 3. The van der Waals surface area contributed by atoms with Gasteiger partial charge >= 0.3 is 0 Å². The number of carbonyl (C=O) groups excluding carboxylic acids is 1. The molecule has 0 spiro atoms. The highest BCUT2D eigenvalue weighted by Gasteiger charge is 2.55. The quantitative estimate of drug-likeness (QED) is 0.648. The van der Waals surface area contributed by atoms with Crippen molar-refractivity contribution in [2.45, 2.75) is 58.2 Å². The van der Waals surface area contributed by atoms with E-state index in [1.165, 1.54) is 0 Å². The van der Waals surface area contributed by atoms with Gasteiger partial charge in [-0.2, -0.15) is 0 Å². The van der Waals surface area contributed by atoms with Crippen LogP contribution >= 0.6 is 0 Å². The van der Waals surface area contributed by atoms with E-state index in [-0.39, 0.29) is 11.7 Å². The van der Waals surface area contributed by atoms with E-state index in [1.807, 2.05) is 13.8 Å². The molecule has 3 atom stereocenters. The van der Waals surface area contributed by atoms with Crippen LogP contribution in [0, 0.1) is 5.92 Å². The second-order valence-electron chi connectivity index (χ2n) is 6.21. The van der Waals surface area contributed by atoms with Crippen LogP contribution in [0.5, 0.6) is 0 Å². The third kappa shape index (κ3) is 1.86. The Morgan fingerprint density at radius 2 is 1.94 bits per heavy atom. The van der Waals surface area contributed by atoms with Crippen LogP contribution in [0.1, 0.15) is 47.0 Å². The zero-order chi connectivity index (χ0) is 13.7. The van der Waals surface area contributed by atoms with Crippen LogP contribution in [-0.4, -0.2) is 27.2 Å². The molecule has 1 fully saturated rings. The summed E-state index contributed by atoms with van der Waals surface area (Å²) >= 11 is 0. The van der Waals surface area contributed by atoms with Crippen LogP contribution in [0.4, 0.5) is 0 Å². The maximum Gasteiger partial charge on any atom is 0.181 e. The fourth-order valence-electron chi connectivity index (χ4n) is 3.33. The van der Waals surface area contributed by atoms with Crippen molar-refractivity contribution in [2.75, 3.05) is 0 Å². The van der Waals surface area contributed by atoms with Crippen molar-refractivity contribution in [3.8, 4) is 0 Å². The molecule has 0 heterocycles. The van der Waals surface area contributed by atoms with E-state index in [9.17, 15) is 15.0 Å². The van der Waals surface area contributed by atoms with Crippen molar-refractivity contribution in [1.29, 1.82) is 0 Å². The van der Waals surface area contributed by atoms with E-state index in [0.29, 0.717) is 24.8 Å². The first-order valence-corrected chi connectivity index (χ1v) is 6.52. The molecular formula is C15H22O3. The Bertz CT molecular complexity index is 452. The van der Waals surface area contributed by atoms with Gasteiger partial charge in [-0.25, -0.2) is 0 Å². The average Bonchev–Trinajstić information content (AvgIpc) is 2.41. The Balaban J connectivity index is 2.56. The van der Waals surface area contributed by atoms with Gasteiger partial charge in [0, 0.05) is 5.92 Å². The predicted octanol–water partition coefficient (Wildman–Crippen LogP) is 2.13. The Morgan fingerprint density at radius 1 is 1.33 bits per heavy atom. The normalized spacial score (nSPS) is 40.3. The molecule has 3 nitrogen and oxygen atoms in total. The van der Waals surface area contributed by atoms with Crippen molar-refractivity contribution in [3.05, 3.63) is 22.8 Å². The van der Waals surface area contributed by atoms with Crippen LogP contribution in [0.15, 0.2) is 22.8 Å². The van der Waals surface area contributed by atoms with Crippen LogP contribution in [0.2, 0.25) is 0 Å². The molecule has 3 heteroatoms.